The minimum absolute atomic E-state index is 0.0607. The van der Waals surface area contributed by atoms with Gasteiger partial charge in [-0.05, 0) is 407 Å². The van der Waals surface area contributed by atoms with Crippen LogP contribution in [-0.4, -0.2) is 36.2 Å². The lowest BCUT2D eigenvalue weighted by Gasteiger charge is -2.64. The predicted octanol–water partition coefficient (Wildman–Crippen LogP) is 29.0. The van der Waals surface area contributed by atoms with E-state index >= 15 is 0 Å². The third-order valence-electron chi connectivity index (χ3n) is 41.1. The summed E-state index contributed by atoms with van der Waals surface area (Å²) in [5, 5.41) is 0. The average molecular weight is 1770 g/mol. The highest BCUT2D eigenvalue weighted by Gasteiger charge is 2.70. The number of aryl methyl sites for hydroxylation is 2. The molecule has 3 aromatic rings. The summed E-state index contributed by atoms with van der Waals surface area (Å²) in [5.41, 5.74) is 54.1. The molecule has 0 aromatic heterocycles. The fourth-order valence-electron chi connectivity index (χ4n) is 33.2. The Balaban J connectivity index is 0.000000165. The number of ether oxygens (including phenoxy) is 3. The second kappa shape index (κ2) is 37.9. The number of fused-ring (bicyclic) bond motifs is 15. The molecule has 15 rings (SSSR count). The molecule has 9 saturated carbocycles. The van der Waals surface area contributed by atoms with E-state index in [0.29, 0.717) is 91.8 Å². The number of carbonyl (C=O) groups excluding carboxylic acids is 3. The van der Waals surface area contributed by atoms with Crippen molar-refractivity contribution in [2.75, 3.05) is 34.4 Å². The van der Waals surface area contributed by atoms with E-state index in [1.54, 1.807) is 41.0 Å². The van der Waals surface area contributed by atoms with Crippen molar-refractivity contribution in [1.29, 1.82) is 0 Å². The SMILES string of the molecule is CC(C)=CCCC(C)C1CCC2(C)C3CC=C4C(C)(C)C(OC(=O)CCCc5ccc(N)cc5N)CCC4(C)C3CCC12C.CC(C)=CCCC(C)C1CCC2(C)C3CC=C4C(C)(C)C(OC(=O)CCc5ccc(N)cc5N)CCC4(C)C3CCC12C.CC(C)=CCCC(C)C1CCC2(C)C3CC=C4C(C)(C)C(OC(=O)Cc5ccc(N)cc5N)CCC4(C)C3CCC12C. The van der Waals surface area contributed by atoms with Gasteiger partial charge in [0.2, 0.25) is 0 Å². The molecule has 0 radical (unpaired) electrons. The number of carbonyl (C=O) groups is 3. The van der Waals surface area contributed by atoms with Crippen LogP contribution in [0.5, 0.6) is 0 Å². The Bertz CT molecular complexity index is 4750. The molecule has 714 valence electrons. The number of hydrogen-bond acceptors (Lipinski definition) is 12. The molecule has 12 aliphatic carbocycles. The van der Waals surface area contributed by atoms with Gasteiger partial charge in [-0.25, -0.2) is 0 Å². The molecule has 12 heteroatoms. The van der Waals surface area contributed by atoms with Gasteiger partial charge in [0, 0.05) is 63.2 Å². The summed E-state index contributed by atoms with van der Waals surface area (Å²) < 4.78 is 18.8. The first-order chi connectivity index (χ1) is 60.4. The highest BCUT2D eigenvalue weighted by molar-refractivity contribution is 5.76. The molecule has 24 atom stereocenters. The van der Waals surface area contributed by atoms with Gasteiger partial charge in [0.15, 0.2) is 0 Å². The predicted molar refractivity (Wildman–Crippen MR) is 541 cm³/mol. The van der Waals surface area contributed by atoms with Crippen LogP contribution in [0.25, 0.3) is 0 Å². The Hall–Kier alpha value is -6.69. The molecule has 0 heterocycles. The van der Waals surface area contributed by atoms with Gasteiger partial charge in [-0.3, -0.25) is 14.4 Å². The van der Waals surface area contributed by atoms with E-state index in [9.17, 15) is 14.4 Å². The lowest BCUT2D eigenvalue weighted by molar-refractivity contribution is -0.163. The Labute approximate surface area is 783 Å². The number of anilines is 6. The smallest absolute Gasteiger partial charge is 0.310 e. The third-order valence-corrected chi connectivity index (χ3v) is 41.1. The molecule has 129 heavy (non-hydrogen) atoms. The van der Waals surface area contributed by atoms with Gasteiger partial charge in [0.1, 0.15) is 18.3 Å². The van der Waals surface area contributed by atoms with Crippen LogP contribution >= 0.6 is 0 Å². The van der Waals surface area contributed by atoms with Crippen molar-refractivity contribution in [2.45, 2.75) is 396 Å². The zero-order valence-corrected chi connectivity index (χ0v) is 85.6. The monoisotopic (exact) mass is 1770 g/mol. The van der Waals surface area contributed by atoms with Crippen molar-refractivity contribution >= 4 is 52.0 Å². The maximum atomic E-state index is 13.1. The molecular formula is C117H180N6O6. The van der Waals surface area contributed by atoms with Crippen molar-refractivity contribution in [1.82, 2.24) is 0 Å². The minimum Gasteiger partial charge on any atom is -0.461 e. The molecule has 24 unspecified atom stereocenters. The molecule has 12 N–H and O–H groups in total. The van der Waals surface area contributed by atoms with Gasteiger partial charge in [-0.2, -0.15) is 0 Å². The zero-order valence-electron chi connectivity index (χ0n) is 85.6. The molecule has 0 bridgehead atoms. The summed E-state index contributed by atoms with van der Waals surface area (Å²) in [7, 11) is 0. The van der Waals surface area contributed by atoms with Crippen molar-refractivity contribution < 1.29 is 28.6 Å². The minimum atomic E-state index is -0.195. The van der Waals surface area contributed by atoms with E-state index in [0.717, 1.165) is 133 Å². The summed E-state index contributed by atoms with van der Waals surface area (Å²) in [4.78, 5) is 39.3. The van der Waals surface area contributed by atoms with E-state index in [1.165, 1.54) is 152 Å². The van der Waals surface area contributed by atoms with Crippen molar-refractivity contribution in [3.05, 3.63) is 141 Å². The first-order valence-electron chi connectivity index (χ1n) is 51.9. The van der Waals surface area contributed by atoms with Gasteiger partial charge in [0.25, 0.3) is 0 Å². The van der Waals surface area contributed by atoms with Crippen LogP contribution in [0.4, 0.5) is 34.1 Å². The van der Waals surface area contributed by atoms with Crippen LogP contribution in [0, 0.1) is 136 Å². The van der Waals surface area contributed by atoms with Crippen LogP contribution in [0.15, 0.2) is 124 Å². The summed E-state index contributed by atoms with van der Waals surface area (Å²) in [6.45, 7) is 58.8. The molecule has 9 fully saturated rings. The first-order valence-corrected chi connectivity index (χ1v) is 51.9. The van der Waals surface area contributed by atoms with E-state index < -0.39 is 0 Å². The average Bonchev–Trinajstić information content (AvgIpc) is 1.62. The third kappa shape index (κ3) is 18.5. The molecule has 12 nitrogen and oxygen atoms in total. The van der Waals surface area contributed by atoms with Crippen LogP contribution in [0.1, 0.15) is 375 Å². The lowest BCUT2D eigenvalue weighted by Crippen LogP contribution is -2.58. The van der Waals surface area contributed by atoms with Crippen molar-refractivity contribution in [2.24, 2.45) is 136 Å². The zero-order chi connectivity index (χ0) is 94.1. The second-order valence-corrected chi connectivity index (χ2v) is 49.6. The number of allylic oxidation sites excluding steroid dienone is 9. The van der Waals surface area contributed by atoms with Gasteiger partial charge < -0.3 is 48.6 Å². The summed E-state index contributed by atoms with van der Waals surface area (Å²) in [6, 6.07) is 16.5. The molecule has 0 spiro atoms. The van der Waals surface area contributed by atoms with Gasteiger partial charge >= 0.3 is 17.9 Å². The highest BCUT2D eigenvalue weighted by atomic mass is 16.6. The van der Waals surface area contributed by atoms with Crippen LogP contribution in [0.2, 0.25) is 0 Å². The quantitative estimate of drug-likeness (QED) is 0.0213. The number of nitrogen functional groups attached to an aromatic ring is 6. The fraction of sp³-hybridized carbons (Fsp3) is 0.718. The van der Waals surface area contributed by atoms with Crippen LogP contribution in [-0.2, 0) is 47.9 Å². The van der Waals surface area contributed by atoms with Gasteiger partial charge in [-0.15, -0.1) is 0 Å². The molecule has 0 amide bonds. The molecule has 0 aliphatic heterocycles. The van der Waals surface area contributed by atoms with Crippen molar-refractivity contribution in [3.8, 4) is 0 Å². The lowest BCUT2D eigenvalue weighted by atomic mass is 9.40. The summed E-state index contributed by atoms with van der Waals surface area (Å²) in [6.07, 6.45) is 51.7. The first kappa shape index (κ1) is 99.8. The van der Waals surface area contributed by atoms with E-state index in [2.05, 4.69) is 203 Å². The number of rotatable bonds is 24. The van der Waals surface area contributed by atoms with Gasteiger partial charge in [0.05, 0.1) is 6.42 Å². The maximum Gasteiger partial charge on any atom is 0.310 e. The second-order valence-electron chi connectivity index (χ2n) is 49.6. The Morgan fingerprint density at radius 1 is 0.349 bits per heavy atom. The Morgan fingerprint density at radius 3 is 0.946 bits per heavy atom. The van der Waals surface area contributed by atoms with E-state index in [1.807, 2.05) is 30.3 Å². The topological polar surface area (TPSA) is 235 Å². The molecule has 12 aliphatic rings. The van der Waals surface area contributed by atoms with E-state index in [4.69, 9.17) is 48.6 Å². The number of nitrogens with two attached hydrogens (primary N) is 6. The normalized spacial score (nSPS) is 36.9. The van der Waals surface area contributed by atoms with Crippen molar-refractivity contribution in [3.63, 3.8) is 0 Å². The largest absolute Gasteiger partial charge is 0.461 e. The number of esters is 3. The fourth-order valence-corrected chi connectivity index (χ4v) is 33.2. The van der Waals surface area contributed by atoms with Crippen LogP contribution < -0.4 is 34.4 Å². The molecule has 0 saturated heterocycles. The van der Waals surface area contributed by atoms with Gasteiger partial charge in [-0.1, -0.05) is 213 Å². The standard InChI is InChI=1S/C40H62N2O2.C39H60N2O2.C38H58N2O2/c1-26(2)11-9-12-27(3)30-19-23-40(8)32-17-18-34-37(4,5)35(21-22-38(34,6)31(32)20-24-39(30,40)7)44-36(43)14-10-13-28-15-16-29(41)25-33(28)42;1-25(2)10-9-11-26(3)29-18-22-39(8)31-15-16-33-36(4,5)34(20-21-37(33,6)30(31)19-23-38(29,39)7)43-35(42)17-13-27-12-14-28(40)24-32(27)41;1-24(2)10-9-11-25(3)28-16-20-38(8)30-14-15-32-35(4,5)33(18-19-36(32,6)29(30)17-21-37(28,38)7)42-34(41)22-26-12-13-27(39)23-31(26)40/h11,15-16,18,25,27,30-32,35H,9-10,12-14,17,19-24,41-42H2,1-8H3;10,12,14,16,24,26,29-31,34H,9,11,13,15,17-23,40-41H2,1-8H3;10,12-13,15,23,25,28-30,33H,9,11,14,16-22,39-40H2,1-8H3. The van der Waals surface area contributed by atoms with E-state index in [-0.39, 0.29) is 75.1 Å². The Kier molecular flexibility index (Phi) is 29.3. The van der Waals surface area contributed by atoms with Crippen LogP contribution in [0.3, 0.4) is 0 Å². The Morgan fingerprint density at radius 2 is 0.636 bits per heavy atom. The maximum absolute atomic E-state index is 13.1. The summed E-state index contributed by atoms with van der Waals surface area (Å²) in [5.74, 6) is 8.83. The molecule has 3 aromatic carbocycles. The summed E-state index contributed by atoms with van der Waals surface area (Å²) >= 11 is 0. The number of hydrogen-bond donors (Lipinski definition) is 6. The molecular weight excluding hydrogens is 1590 g/mol. The number of benzene rings is 3. The highest BCUT2D eigenvalue weighted by Crippen LogP contribution is 2.78.